The number of benzene rings is 1. The monoisotopic (exact) mass is 292 g/mol. The number of rotatable bonds is 5. The van der Waals surface area contributed by atoms with Crippen molar-refractivity contribution in [3.05, 3.63) is 35.4 Å². The number of ether oxygens (including phenoxy) is 1. The van der Waals surface area contributed by atoms with Crippen molar-refractivity contribution in [3.8, 4) is 0 Å². The predicted molar refractivity (Wildman–Crippen MR) is 86.9 cm³/mol. The molecule has 1 fully saturated rings. The van der Waals surface area contributed by atoms with E-state index < -0.39 is 0 Å². The van der Waals surface area contributed by atoms with Gasteiger partial charge in [0.25, 0.3) is 0 Å². The van der Waals surface area contributed by atoms with Gasteiger partial charge in [-0.15, -0.1) is 0 Å². The van der Waals surface area contributed by atoms with Gasteiger partial charge in [0.1, 0.15) is 0 Å². The van der Waals surface area contributed by atoms with Gasteiger partial charge in [-0.2, -0.15) is 0 Å². The lowest BCUT2D eigenvalue weighted by molar-refractivity contribution is 0.113. The Hall–Kier alpha value is -1.13. The van der Waals surface area contributed by atoms with Gasteiger partial charge in [-0.1, -0.05) is 31.2 Å². The zero-order chi connectivity index (χ0) is 14.4. The Morgan fingerprint density at radius 3 is 2.65 bits per heavy atom. The lowest BCUT2D eigenvalue weighted by atomic mass is 10.1. The third-order valence-corrected chi connectivity index (χ3v) is 4.16. The number of hydrogen-bond donors (Lipinski definition) is 1. The lowest BCUT2D eigenvalue weighted by Gasteiger charge is -2.22. The average molecular weight is 292 g/mol. The van der Waals surface area contributed by atoms with Crippen molar-refractivity contribution >= 4 is 17.3 Å². The fourth-order valence-electron chi connectivity index (χ4n) is 2.37. The van der Waals surface area contributed by atoms with Gasteiger partial charge in [0, 0.05) is 26.7 Å². The number of hydrogen-bond acceptors (Lipinski definition) is 2. The minimum Gasteiger partial charge on any atom is -0.376 e. The van der Waals surface area contributed by atoms with Crippen molar-refractivity contribution in [2.24, 2.45) is 0 Å². The Labute approximate surface area is 127 Å². The van der Waals surface area contributed by atoms with Gasteiger partial charge in [0.05, 0.1) is 6.10 Å². The topological polar surface area (TPSA) is 24.5 Å². The molecule has 0 unspecified atom stereocenters. The summed E-state index contributed by atoms with van der Waals surface area (Å²) in [6, 6.07) is 8.73. The highest BCUT2D eigenvalue weighted by atomic mass is 32.1. The minimum atomic E-state index is 0.324. The summed E-state index contributed by atoms with van der Waals surface area (Å²) in [7, 11) is 2.03. The molecule has 1 saturated heterocycles. The van der Waals surface area contributed by atoms with Crippen molar-refractivity contribution < 1.29 is 4.74 Å². The molecule has 1 atom stereocenters. The normalized spacial score (nSPS) is 18.0. The SMILES string of the molecule is CCc1ccc(CN(C)C(=S)NC[C@H]2CCCO2)cc1. The van der Waals surface area contributed by atoms with Crippen LogP contribution in [0.2, 0.25) is 0 Å². The van der Waals surface area contributed by atoms with E-state index in [-0.39, 0.29) is 0 Å². The molecule has 4 heteroatoms. The van der Waals surface area contributed by atoms with Gasteiger partial charge in [-0.05, 0) is 42.6 Å². The Morgan fingerprint density at radius 1 is 1.35 bits per heavy atom. The van der Waals surface area contributed by atoms with Gasteiger partial charge in [-0.25, -0.2) is 0 Å². The van der Waals surface area contributed by atoms with E-state index >= 15 is 0 Å². The average Bonchev–Trinajstić information content (AvgIpc) is 2.98. The number of nitrogens with zero attached hydrogens (tertiary/aromatic N) is 1. The maximum Gasteiger partial charge on any atom is 0.169 e. The lowest BCUT2D eigenvalue weighted by Crippen LogP contribution is -2.40. The van der Waals surface area contributed by atoms with E-state index in [1.54, 1.807) is 0 Å². The van der Waals surface area contributed by atoms with Crippen LogP contribution in [0.25, 0.3) is 0 Å². The number of aryl methyl sites for hydroxylation is 1. The van der Waals surface area contributed by atoms with Crippen LogP contribution in [0.3, 0.4) is 0 Å². The van der Waals surface area contributed by atoms with E-state index in [0.717, 1.165) is 37.7 Å². The first kappa shape index (κ1) is 15.3. The summed E-state index contributed by atoms with van der Waals surface area (Å²) in [4.78, 5) is 2.07. The minimum absolute atomic E-state index is 0.324. The molecule has 1 aromatic carbocycles. The molecule has 1 heterocycles. The quantitative estimate of drug-likeness (QED) is 0.844. The summed E-state index contributed by atoms with van der Waals surface area (Å²) in [6.07, 6.45) is 3.71. The highest BCUT2D eigenvalue weighted by Gasteiger charge is 2.16. The first-order chi connectivity index (χ1) is 9.69. The van der Waals surface area contributed by atoms with E-state index in [1.807, 2.05) is 7.05 Å². The van der Waals surface area contributed by atoms with E-state index in [4.69, 9.17) is 17.0 Å². The largest absolute Gasteiger partial charge is 0.376 e. The summed E-state index contributed by atoms with van der Waals surface area (Å²) < 4.78 is 5.59. The second-order valence-corrected chi connectivity index (χ2v) is 5.73. The fraction of sp³-hybridized carbons (Fsp3) is 0.562. The van der Waals surface area contributed by atoms with E-state index in [2.05, 4.69) is 41.4 Å². The van der Waals surface area contributed by atoms with Gasteiger partial charge in [-0.3, -0.25) is 0 Å². The summed E-state index contributed by atoms with van der Waals surface area (Å²) >= 11 is 5.42. The molecule has 0 saturated carbocycles. The first-order valence-corrected chi connectivity index (χ1v) is 7.78. The molecular formula is C16H24N2OS. The van der Waals surface area contributed by atoms with Gasteiger partial charge < -0.3 is 15.0 Å². The summed E-state index contributed by atoms with van der Waals surface area (Å²) in [5, 5.41) is 4.09. The molecule has 1 aliphatic heterocycles. The smallest absolute Gasteiger partial charge is 0.169 e. The van der Waals surface area contributed by atoms with E-state index in [1.165, 1.54) is 17.5 Å². The molecule has 0 bridgehead atoms. The zero-order valence-corrected chi connectivity index (χ0v) is 13.2. The van der Waals surface area contributed by atoms with Crippen LogP contribution in [0, 0.1) is 0 Å². The number of thiocarbonyl (C=S) groups is 1. The van der Waals surface area contributed by atoms with Crippen LogP contribution in [-0.2, 0) is 17.7 Å². The van der Waals surface area contributed by atoms with Gasteiger partial charge in [0.2, 0.25) is 0 Å². The number of nitrogens with one attached hydrogen (secondary N) is 1. The Balaban J connectivity index is 1.77. The van der Waals surface area contributed by atoms with Crippen molar-refractivity contribution in [2.75, 3.05) is 20.2 Å². The van der Waals surface area contributed by atoms with Crippen molar-refractivity contribution in [3.63, 3.8) is 0 Å². The molecule has 110 valence electrons. The maximum atomic E-state index is 5.59. The zero-order valence-electron chi connectivity index (χ0n) is 12.4. The van der Waals surface area contributed by atoms with Crippen LogP contribution in [0.4, 0.5) is 0 Å². The molecule has 20 heavy (non-hydrogen) atoms. The maximum absolute atomic E-state index is 5.59. The van der Waals surface area contributed by atoms with E-state index in [0.29, 0.717) is 6.10 Å². The summed E-state index contributed by atoms with van der Waals surface area (Å²) in [5.74, 6) is 0. The van der Waals surface area contributed by atoms with Crippen molar-refractivity contribution in [1.29, 1.82) is 0 Å². The van der Waals surface area contributed by atoms with Crippen LogP contribution in [0.1, 0.15) is 30.9 Å². The van der Waals surface area contributed by atoms with Crippen LogP contribution in [0.5, 0.6) is 0 Å². The van der Waals surface area contributed by atoms with Gasteiger partial charge in [0.15, 0.2) is 5.11 Å². The summed E-state index contributed by atoms with van der Waals surface area (Å²) in [6.45, 7) is 4.71. The molecule has 0 spiro atoms. The fourth-order valence-corrected chi connectivity index (χ4v) is 2.52. The summed E-state index contributed by atoms with van der Waals surface area (Å²) in [5.41, 5.74) is 2.65. The van der Waals surface area contributed by atoms with Crippen LogP contribution < -0.4 is 5.32 Å². The molecular weight excluding hydrogens is 268 g/mol. The van der Waals surface area contributed by atoms with Crippen molar-refractivity contribution in [1.82, 2.24) is 10.2 Å². The molecule has 2 rings (SSSR count). The van der Waals surface area contributed by atoms with Crippen LogP contribution in [-0.4, -0.2) is 36.3 Å². The first-order valence-electron chi connectivity index (χ1n) is 7.37. The molecule has 1 N–H and O–H groups in total. The molecule has 1 aliphatic rings. The van der Waals surface area contributed by atoms with Crippen LogP contribution >= 0.6 is 12.2 Å². The Kier molecular flexibility index (Phi) is 5.80. The predicted octanol–water partition coefficient (Wildman–Crippen LogP) is 2.73. The molecule has 3 nitrogen and oxygen atoms in total. The second kappa shape index (κ2) is 7.60. The third-order valence-electron chi connectivity index (χ3n) is 3.70. The van der Waals surface area contributed by atoms with Gasteiger partial charge >= 0.3 is 0 Å². The highest BCUT2D eigenvalue weighted by Crippen LogP contribution is 2.11. The molecule has 0 amide bonds. The van der Waals surface area contributed by atoms with Crippen molar-refractivity contribution in [2.45, 2.75) is 38.8 Å². The molecule has 0 aliphatic carbocycles. The molecule has 1 aromatic rings. The second-order valence-electron chi connectivity index (χ2n) is 5.35. The Bertz CT molecular complexity index is 427. The Morgan fingerprint density at radius 2 is 2.05 bits per heavy atom. The third kappa shape index (κ3) is 4.46. The molecule has 0 aromatic heterocycles. The van der Waals surface area contributed by atoms with E-state index in [9.17, 15) is 0 Å². The van der Waals surface area contributed by atoms with Crippen LogP contribution in [0.15, 0.2) is 24.3 Å². The molecule has 0 radical (unpaired) electrons. The highest BCUT2D eigenvalue weighted by molar-refractivity contribution is 7.80. The standard InChI is InChI=1S/C16H24N2OS/c1-3-13-6-8-14(9-7-13)12-18(2)16(20)17-11-15-5-4-10-19-15/h6-9,15H,3-5,10-12H2,1-2H3,(H,17,20)/t15-/m1/s1.